The second kappa shape index (κ2) is 9.54. The summed E-state index contributed by atoms with van der Waals surface area (Å²) in [6.07, 6.45) is -0.0902. The molecule has 2 unspecified atom stereocenters. The molecule has 2 atom stereocenters. The molecule has 1 aliphatic heterocycles. The highest BCUT2D eigenvalue weighted by Gasteiger charge is 2.22. The van der Waals surface area contributed by atoms with Crippen LogP contribution in [-0.2, 0) is 0 Å². The van der Waals surface area contributed by atoms with Gasteiger partial charge in [-0.3, -0.25) is 0 Å². The highest BCUT2D eigenvalue weighted by atomic mass is 32.2. The van der Waals surface area contributed by atoms with E-state index in [1.165, 1.54) is 5.75 Å². The van der Waals surface area contributed by atoms with Gasteiger partial charge in [0.15, 0.2) is 0 Å². The van der Waals surface area contributed by atoms with Crippen molar-refractivity contribution in [1.82, 2.24) is 0 Å². The van der Waals surface area contributed by atoms with Gasteiger partial charge in [-0.15, -0.1) is 11.8 Å². The van der Waals surface area contributed by atoms with Gasteiger partial charge in [-0.05, 0) is 93.6 Å². The van der Waals surface area contributed by atoms with E-state index < -0.39 is 0 Å². The lowest BCUT2D eigenvalue weighted by molar-refractivity contribution is 0.852. The minimum absolute atomic E-state index is 0.0902. The Hall–Kier alpha value is -2.83. The average Bonchev–Trinajstić information content (AvgIpc) is 3.55. The molecule has 1 aliphatic rings. The highest BCUT2D eigenvalue weighted by Crippen LogP contribution is 2.37. The molecule has 0 bridgehead atoms. The van der Waals surface area contributed by atoms with Gasteiger partial charge in [-0.1, -0.05) is 0 Å². The van der Waals surface area contributed by atoms with Gasteiger partial charge in [-0.2, -0.15) is 0 Å². The van der Waals surface area contributed by atoms with Crippen LogP contribution in [0.5, 0.6) is 0 Å². The zero-order valence-electron chi connectivity index (χ0n) is 18.3. The zero-order chi connectivity index (χ0) is 21.8. The van der Waals surface area contributed by atoms with Crippen LogP contribution in [0.25, 0.3) is 0 Å². The molecule has 4 rings (SSSR count). The molecule has 162 valence electrons. The van der Waals surface area contributed by atoms with Crippen LogP contribution >= 0.6 is 11.8 Å². The summed E-state index contributed by atoms with van der Waals surface area (Å²) >= 11 is 1.94. The number of rotatable bonds is 9. The van der Waals surface area contributed by atoms with E-state index in [0.717, 1.165) is 34.1 Å². The SMILES string of the molecule is CC(C)Nc1ccc(N(c2ccc(NC(C)N)cc2)c2ccc(NC3CS3)cc2)cc1. The topological polar surface area (TPSA) is 65.3 Å². The summed E-state index contributed by atoms with van der Waals surface area (Å²) in [7, 11) is 0. The van der Waals surface area contributed by atoms with E-state index in [4.69, 9.17) is 5.73 Å². The number of hydrogen-bond acceptors (Lipinski definition) is 6. The molecular formula is C25H31N5S. The lowest BCUT2D eigenvalue weighted by Gasteiger charge is -2.26. The van der Waals surface area contributed by atoms with Crippen LogP contribution < -0.4 is 26.6 Å². The minimum atomic E-state index is -0.0902. The molecular weight excluding hydrogens is 402 g/mol. The van der Waals surface area contributed by atoms with Crippen molar-refractivity contribution in [2.75, 3.05) is 26.6 Å². The summed E-state index contributed by atoms with van der Waals surface area (Å²) in [6, 6.07) is 26.0. The molecule has 0 spiro atoms. The van der Waals surface area contributed by atoms with Gasteiger partial charge in [0.25, 0.3) is 0 Å². The smallest absolute Gasteiger partial charge is 0.0815 e. The van der Waals surface area contributed by atoms with Crippen LogP contribution in [0.3, 0.4) is 0 Å². The maximum atomic E-state index is 5.87. The zero-order valence-corrected chi connectivity index (χ0v) is 19.1. The predicted molar refractivity (Wildman–Crippen MR) is 137 cm³/mol. The van der Waals surface area contributed by atoms with Gasteiger partial charge in [0.05, 0.1) is 11.5 Å². The van der Waals surface area contributed by atoms with Gasteiger partial charge in [0.2, 0.25) is 0 Å². The molecule has 5 N–H and O–H groups in total. The van der Waals surface area contributed by atoms with Gasteiger partial charge >= 0.3 is 0 Å². The maximum absolute atomic E-state index is 5.87. The molecule has 31 heavy (non-hydrogen) atoms. The molecule has 1 fully saturated rings. The van der Waals surface area contributed by atoms with Crippen LogP contribution in [0.2, 0.25) is 0 Å². The fourth-order valence-corrected chi connectivity index (χ4v) is 3.88. The van der Waals surface area contributed by atoms with Crippen LogP contribution in [-0.4, -0.2) is 23.3 Å². The van der Waals surface area contributed by atoms with Gasteiger partial charge in [0.1, 0.15) is 0 Å². The highest BCUT2D eigenvalue weighted by molar-refractivity contribution is 8.07. The lowest BCUT2D eigenvalue weighted by atomic mass is 10.1. The Kier molecular flexibility index (Phi) is 6.59. The van der Waals surface area contributed by atoms with E-state index in [1.807, 2.05) is 18.7 Å². The molecule has 0 aliphatic carbocycles. The molecule has 3 aromatic rings. The van der Waals surface area contributed by atoms with Crippen molar-refractivity contribution in [1.29, 1.82) is 0 Å². The summed E-state index contributed by atoms with van der Waals surface area (Å²) in [5.41, 5.74) is 12.5. The van der Waals surface area contributed by atoms with E-state index >= 15 is 0 Å². The van der Waals surface area contributed by atoms with E-state index in [-0.39, 0.29) is 6.17 Å². The standard InChI is InChI=1S/C25H31N5S/c1-17(2)27-19-4-10-22(11-5-19)30(23-12-6-20(7-13-23)28-18(3)26)24-14-8-21(9-15-24)29-25-16-31-25/h4-15,17-18,25,27-29H,16,26H2,1-3H3. The molecule has 0 saturated carbocycles. The van der Waals surface area contributed by atoms with E-state index in [0.29, 0.717) is 11.4 Å². The fraction of sp³-hybridized carbons (Fsp3) is 0.280. The number of nitrogens with zero attached hydrogens (tertiary/aromatic N) is 1. The van der Waals surface area contributed by atoms with Crippen LogP contribution in [0.4, 0.5) is 34.1 Å². The van der Waals surface area contributed by atoms with Crippen molar-refractivity contribution >= 4 is 45.9 Å². The first-order valence-electron chi connectivity index (χ1n) is 10.7. The number of hydrogen-bond donors (Lipinski definition) is 4. The third-order valence-electron chi connectivity index (χ3n) is 4.89. The first-order chi connectivity index (χ1) is 15.0. The van der Waals surface area contributed by atoms with Crippen molar-refractivity contribution in [3.8, 4) is 0 Å². The minimum Gasteiger partial charge on any atom is -0.383 e. The Labute approximate surface area is 189 Å². The Balaban J connectivity index is 1.64. The van der Waals surface area contributed by atoms with E-state index in [2.05, 4.69) is 107 Å². The predicted octanol–water partition coefficient (Wildman–Crippen LogP) is 6.18. The molecule has 1 heterocycles. The van der Waals surface area contributed by atoms with Crippen molar-refractivity contribution in [2.24, 2.45) is 5.73 Å². The molecule has 6 heteroatoms. The first-order valence-corrected chi connectivity index (χ1v) is 11.8. The summed E-state index contributed by atoms with van der Waals surface area (Å²) < 4.78 is 0. The van der Waals surface area contributed by atoms with E-state index in [9.17, 15) is 0 Å². The molecule has 1 saturated heterocycles. The summed E-state index contributed by atoms with van der Waals surface area (Å²) in [5, 5.41) is 10.8. The second-order valence-electron chi connectivity index (χ2n) is 8.17. The fourth-order valence-electron chi connectivity index (χ4n) is 3.48. The summed E-state index contributed by atoms with van der Waals surface area (Å²) in [4.78, 5) is 2.27. The number of anilines is 6. The monoisotopic (exact) mass is 433 g/mol. The summed E-state index contributed by atoms with van der Waals surface area (Å²) in [6.45, 7) is 6.23. The average molecular weight is 434 g/mol. The number of thioether (sulfide) groups is 1. The van der Waals surface area contributed by atoms with Crippen molar-refractivity contribution < 1.29 is 0 Å². The Bertz CT molecular complexity index is 845. The summed E-state index contributed by atoms with van der Waals surface area (Å²) in [5.74, 6) is 1.19. The van der Waals surface area contributed by atoms with Crippen LogP contribution in [0.15, 0.2) is 72.8 Å². The molecule has 0 radical (unpaired) electrons. The largest absolute Gasteiger partial charge is 0.383 e. The van der Waals surface area contributed by atoms with Crippen molar-refractivity contribution in [3.63, 3.8) is 0 Å². The number of nitrogens with one attached hydrogen (secondary N) is 3. The quantitative estimate of drug-likeness (QED) is 0.239. The van der Waals surface area contributed by atoms with Gasteiger partial charge in [-0.25, -0.2) is 0 Å². The lowest BCUT2D eigenvalue weighted by Crippen LogP contribution is -2.25. The van der Waals surface area contributed by atoms with Gasteiger partial charge in [0, 0.05) is 45.9 Å². The van der Waals surface area contributed by atoms with E-state index in [1.54, 1.807) is 0 Å². The third kappa shape index (κ3) is 5.87. The van der Waals surface area contributed by atoms with Crippen LogP contribution in [0.1, 0.15) is 20.8 Å². The Morgan fingerprint density at radius 2 is 1.16 bits per heavy atom. The molecule has 3 aromatic carbocycles. The Morgan fingerprint density at radius 3 is 1.55 bits per heavy atom. The molecule has 5 nitrogen and oxygen atoms in total. The number of benzene rings is 3. The molecule has 0 amide bonds. The first kappa shape index (κ1) is 21.4. The second-order valence-corrected chi connectivity index (χ2v) is 9.41. The third-order valence-corrected chi connectivity index (χ3v) is 5.67. The van der Waals surface area contributed by atoms with Crippen LogP contribution in [0, 0.1) is 0 Å². The Morgan fingerprint density at radius 1 is 0.742 bits per heavy atom. The molecule has 0 aromatic heterocycles. The van der Waals surface area contributed by atoms with Crippen molar-refractivity contribution in [2.45, 2.75) is 38.4 Å². The van der Waals surface area contributed by atoms with Crippen molar-refractivity contribution in [3.05, 3.63) is 72.8 Å². The number of nitrogens with two attached hydrogens (primary N) is 1. The maximum Gasteiger partial charge on any atom is 0.0815 e. The van der Waals surface area contributed by atoms with Gasteiger partial charge < -0.3 is 26.6 Å². The normalized spacial score (nSPS) is 16.0.